The van der Waals surface area contributed by atoms with Gasteiger partial charge in [-0.1, -0.05) is 5.04 Å². The summed E-state index contributed by atoms with van der Waals surface area (Å²) in [5.41, 5.74) is 0. The van der Waals surface area contributed by atoms with Gasteiger partial charge in [-0.05, 0) is 47.0 Å². The first-order valence-corrected chi connectivity index (χ1v) is 12.8. The van der Waals surface area contributed by atoms with Crippen LogP contribution in [0.15, 0.2) is 0 Å². The van der Waals surface area contributed by atoms with Crippen molar-refractivity contribution < 1.29 is 36.0 Å². The fraction of sp³-hybridized carbons (Fsp3) is 1.00. The third-order valence-corrected chi connectivity index (χ3v) is 8.79. The summed E-state index contributed by atoms with van der Waals surface area (Å²) in [5.74, 6) is 1.36. The molecule has 2 N–H and O–H groups in total. The third kappa shape index (κ3) is 11.7. The molecule has 0 aromatic rings. The quantitative estimate of drug-likeness (QED) is 0.181. The van der Waals surface area contributed by atoms with Gasteiger partial charge in [0.1, 0.15) is 0 Å². The van der Waals surface area contributed by atoms with Gasteiger partial charge in [0, 0.05) is 61.4 Å². The van der Waals surface area contributed by atoms with Crippen LogP contribution in [-0.2, 0) is 41.1 Å². The molecule has 0 aliphatic carbocycles. The molecule has 2 unspecified atom stereocenters. The molecule has 0 aliphatic heterocycles. The molecule has 0 saturated heterocycles. The van der Waals surface area contributed by atoms with Crippen LogP contribution in [0.5, 0.6) is 0 Å². The van der Waals surface area contributed by atoms with Crippen molar-refractivity contribution >= 4 is 43.8 Å². The Morgan fingerprint density at radius 1 is 0.960 bits per heavy atom. The number of hydrogen-bond donors (Lipinski definition) is 2. The van der Waals surface area contributed by atoms with E-state index in [0.717, 1.165) is 12.0 Å². The largest absolute Gasteiger partial charge is 0.285 e. The molecular weight excluding hydrogens is 412 g/mol. The van der Waals surface area contributed by atoms with Crippen molar-refractivity contribution in [2.45, 2.75) is 56.5 Å². The van der Waals surface area contributed by atoms with Crippen LogP contribution in [0.1, 0.15) is 47.0 Å². The lowest BCUT2D eigenvalue weighted by atomic mass is 10.1. The highest BCUT2D eigenvalue weighted by Gasteiger charge is 2.32. The Morgan fingerprint density at radius 2 is 1.44 bits per heavy atom. The van der Waals surface area contributed by atoms with E-state index in [1.807, 2.05) is 13.8 Å². The molecule has 0 bridgehead atoms. The molecule has 2 atom stereocenters. The molecule has 0 fully saturated rings. The van der Waals surface area contributed by atoms with Crippen molar-refractivity contribution in [3.63, 3.8) is 0 Å². The Kier molecular flexibility index (Phi) is 11.5. The molecule has 8 nitrogen and oxygen atoms in total. The van der Waals surface area contributed by atoms with Gasteiger partial charge in [0.05, 0.1) is 4.75 Å². The first kappa shape index (κ1) is 25.4. The average Bonchev–Trinajstić information content (AvgIpc) is 2.48. The Morgan fingerprint density at radius 3 is 1.88 bits per heavy atom. The first-order chi connectivity index (χ1) is 11.3. The van der Waals surface area contributed by atoms with Gasteiger partial charge < -0.3 is 0 Å². The van der Waals surface area contributed by atoms with Crippen molar-refractivity contribution in [2.24, 2.45) is 0 Å². The highest BCUT2D eigenvalue weighted by molar-refractivity contribution is 7.96. The van der Waals surface area contributed by atoms with Crippen molar-refractivity contribution in [3.05, 3.63) is 0 Å². The summed E-state index contributed by atoms with van der Waals surface area (Å²) < 4.78 is 58.0. The van der Waals surface area contributed by atoms with Crippen LogP contribution in [0.3, 0.4) is 0 Å². The van der Waals surface area contributed by atoms with E-state index in [1.165, 1.54) is 13.8 Å². The molecule has 25 heavy (non-hydrogen) atoms. The summed E-state index contributed by atoms with van der Waals surface area (Å²) in [6.45, 7) is 6.50. The summed E-state index contributed by atoms with van der Waals surface area (Å²) in [6.07, 6.45) is 1.19. The summed E-state index contributed by atoms with van der Waals surface area (Å²) in [6, 6.07) is 0. The third-order valence-electron chi connectivity index (χ3n) is 3.60. The maximum Gasteiger partial charge on any atom is 0.270 e. The van der Waals surface area contributed by atoms with E-state index in [-0.39, 0.29) is 16.9 Å². The van der Waals surface area contributed by atoms with Crippen LogP contribution in [0.2, 0.25) is 0 Å². The van der Waals surface area contributed by atoms with E-state index in [4.69, 9.17) is 9.81 Å². The Balaban J connectivity index is 4.03. The monoisotopic (exact) mass is 440 g/mol. The lowest BCUT2D eigenvalue weighted by Gasteiger charge is -2.20. The lowest BCUT2D eigenvalue weighted by molar-refractivity contribution is -0.432. The normalized spacial score (nSPS) is 15.9. The van der Waals surface area contributed by atoms with Crippen molar-refractivity contribution in [1.82, 2.24) is 0 Å². The SMILES string of the molecule is CC(C)(CCS(=O)CCCS(=O)CCC(C)(C)S(=O)(=O)O)SOOO. The van der Waals surface area contributed by atoms with Gasteiger partial charge >= 0.3 is 0 Å². The van der Waals surface area contributed by atoms with Crippen LogP contribution in [0.4, 0.5) is 0 Å². The molecule has 0 saturated carbocycles. The van der Waals surface area contributed by atoms with Crippen LogP contribution in [-0.4, -0.2) is 59.2 Å². The molecule has 0 rings (SSSR count). The number of rotatable bonds is 14. The Labute approximate surface area is 159 Å². The van der Waals surface area contributed by atoms with E-state index < -0.39 is 36.5 Å². The van der Waals surface area contributed by atoms with E-state index in [2.05, 4.69) is 9.37 Å². The molecule has 0 radical (unpaired) electrons. The highest BCUT2D eigenvalue weighted by atomic mass is 32.2. The molecule has 0 amide bonds. The minimum absolute atomic E-state index is 0.0971. The molecule has 0 aliphatic rings. The standard InChI is InChI=1S/C13H28O8S4/c1-12(2,22-21-20-14)6-10-23(15)8-5-9-24(16)11-7-13(3,4)25(17,18)19/h14H,5-11H2,1-4H3,(H,17,18,19). The van der Waals surface area contributed by atoms with E-state index in [9.17, 15) is 16.8 Å². The van der Waals surface area contributed by atoms with E-state index in [0.29, 0.717) is 30.1 Å². The van der Waals surface area contributed by atoms with E-state index >= 15 is 0 Å². The fourth-order valence-corrected chi connectivity index (χ4v) is 5.60. The second-order valence-electron chi connectivity index (χ2n) is 6.77. The summed E-state index contributed by atoms with van der Waals surface area (Å²) >= 11 is 0.935. The zero-order chi connectivity index (χ0) is 19.7. The van der Waals surface area contributed by atoms with Crippen LogP contribution < -0.4 is 0 Å². The van der Waals surface area contributed by atoms with Crippen molar-refractivity contribution in [2.75, 3.05) is 23.0 Å². The molecular formula is C13H28O8S4. The van der Waals surface area contributed by atoms with E-state index in [1.54, 1.807) is 0 Å². The van der Waals surface area contributed by atoms with Crippen molar-refractivity contribution in [3.8, 4) is 0 Å². The molecule has 0 aromatic carbocycles. The van der Waals surface area contributed by atoms with Crippen LogP contribution in [0.25, 0.3) is 0 Å². The van der Waals surface area contributed by atoms with Crippen LogP contribution in [0, 0.1) is 0 Å². The first-order valence-electron chi connectivity index (χ1n) is 7.64. The van der Waals surface area contributed by atoms with Gasteiger partial charge in [0.25, 0.3) is 10.1 Å². The lowest BCUT2D eigenvalue weighted by Crippen LogP contribution is -2.33. The minimum atomic E-state index is -4.18. The zero-order valence-electron chi connectivity index (χ0n) is 14.9. The smallest absolute Gasteiger partial charge is 0.270 e. The maximum atomic E-state index is 12.0. The molecule has 0 heterocycles. The second kappa shape index (κ2) is 11.3. The predicted molar refractivity (Wildman–Crippen MR) is 102 cm³/mol. The topological polar surface area (TPSA) is 127 Å². The van der Waals surface area contributed by atoms with Gasteiger partial charge in [0.15, 0.2) is 0 Å². The summed E-state index contributed by atoms with van der Waals surface area (Å²) in [7, 11) is -6.47. The molecule has 12 heteroatoms. The predicted octanol–water partition coefficient (Wildman–Crippen LogP) is 2.17. The van der Waals surface area contributed by atoms with Gasteiger partial charge in [-0.25, -0.2) is 5.26 Å². The van der Waals surface area contributed by atoms with Crippen LogP contribution >= 0.6 is 12.0 Å². The Hall–Kier alpha value is 0.440. The highest BCUT2D eigenvalue weighted by Crippen LogP contribution is 2.29. The second-order valence-corrected chi connectivity index (χ2v) is 13.6. The molecule has 0 aromatic heterocycles. The molecule has 152 valence electrons. The average molecular weight is 441 g/mol. The minimum Gasteiger partial charge on any atom is -0.285 e. The summed E-state index contributed by atoms with van der Waals surface area (Å²) in [4.78, 5) is 0. The number of hydrogen-bond acceptors (Lipinski definition) is 8. The summed E-state index contributed by atoms with van der Waals surface area (Å²) in [5, 5.41) is 11.7. The zero-order valence-corrected chi connectivity index (χ0v) is 18.2. The van der Waals surface area contributed by atoms with Gasteiger partial charge in [-0.15, -0.1) is 4.33 Å². The van der Waals surface area contributed by atoms with Gasteiger partial charge in [0.2, 0.25) is 0 Å². The van der Waals surface area contributed by atoms with Gasteiger partial charge in [-0.3, -0.25) is 13.0 Å². The molecule has 0 spiro atoms. The van der Waals surface area contributed by atoms with Crippen molar-refractivity contribution in [1.29, 1.82) is 0 Å². The Bertz CT molecular complexity index is 544. The fourth-order valence-electron chi connectivity index (χ4n) is 1.58. The maximum absolute atomic E-state index is 12.0. The van der Waals surface area contributed by atoms with Gasteiger partial charge in [-0.2, -0.15) is 8.42 Å².